The van der Waals surface area contributed by atoms with Gasteiger partial charge in [0.2, 0.25) is 5.95 Å². The molecule has 4 nitrogen and oxygen atoms in total. The first-order valence-corrected chi connectivity index (χ1v) is 3.89. The molecule has 0 atom stereocenters. The largest absolute Gasteiger partial charge is 0.395 e. The molecular formula is C8H13N3O. The zero-order valence-electron chi connectivity index (χ0n) is 7.33. The van der Waals surface area contributed by atoms with Crippen molar-refractivity contribution < 1.29 is 5.11 Å². The lowest BCUT2D eigenvalue weighted by atomic mass is 10.3. The molecule has 1 heterocycles. The molecular weight excluding hydrogens is 154 g/mol. The van der Waals surface area contributed by atoms with Crippen molar-refractivity contribution in [2.45, 2.75) is 13.8 Å². The van der Waals surface area contributed by atoms with Gasteiger partial charge in [0.25, 0.3) is 0 Å². The van der Waals surface area contributed by atoms with Gasteiger partial charge in [-0.3, -0.25) is 0 Å². The summed E-state index contributed by atoms with van der Waals surface area (Å²) in [7, 11) is 0. The zero-order valence-corrected chi connectivity index (χ0v) is 7.33. The third-order valence-corrected chi connectivity index (χ3v) is 1.62. The third-order valence-electron chi connectivity index (χ3n) is 1.62. The van der Waals surface area contributed by atoms with E-state index in [2.05, 4.69) is 15.3 Å². The Hall–Kier alpha value is -1.16. The highest BCUT2D eigenvalue weighted by atomic mass is 16.3. The number of aromatic nitrogens is 2. The Kier molecular flexibility index (Phi) is 2.99. The average Bonchev–Trinajstić information content (AvgIpc) is 2.07. The Morgan fingerprint density at radius 1 is 1.50 bits per heavy atom. The molecule has 0 aliphatic heterocycles. The van der Waals surface area contributed by atoms with E-state index in [-0.39, 0.29) is 6.61 Å². The van der Waals surface area contributed by atoms with Crippen LogP contribution >= 0.6 is 0 Å². The number of hydrogen-bond acceptors (Lipinski definition) is 4. The molecule has 0 aliphatic carbocycles. The summed E-state index contributed by atoms with van der Waals surface area (Å²) in [5.41, 5.74) is 2.04. The smallest absolute Gasteiger partial charge is 0.222 e. The van der Waals surface area contributed by atoms with Gasteiger partial charge in [-0.1, -0.05) is 0 Å². The monoisotopic (exact) mass is 167 g/mol. The molecule has 1 rings (SSSR count). The summed E-state index contributed by atoms with van der Waals surface area (Å²) in [5.74, 6) is 0.576. The van der Waals surface area contributed by atoms with Crippen LogP contribution in [0.2, 0.25) is 0 Å². The molecule has 0 saturated heterocycles. The quantitative estimate of drug-likeness (QED) is 0.688. The number of rotatable bonds is 3. The fraction of sp³-hybridized carbons (Fsp3) is 0.500. The molecule has 1 aromatic rings. The summed E-state index contributed by atoms with van der Waals surface area (Å²) in [4.78, 5) is 8.22. The Morgan fingerprint density at radius 3 is 2.83 bits per heavy atom. The first-order valence-electron chi connectivity index (χ1n) is 3.89. The molecule has 0 aliphatic rings. The highest BCUT2D eigenvalue weighted by molar-refractivity contribution is 5.28. The van der Waals surface area contributed by atoms with Gasteiger partial charge >= 0.3 is 0 Å². The molecule has 4 heteroatoms. The van der Waals surface area contributed by atoms with Crippen LogP contribution in [-0.4, -0.2) is 28.2 Å². The van der Waals surface area contributed by atoms with Crippen molar-refractivity contribution in [1.29, 1.82) is 0 Å². The minimum atomic E-state index is 0.0935. The van der Waals surface area contributed by atoms with Crippen molar-refractivity contribution in [3.63, 3.8) is 0 Å². The molecule has 66 valence electrons. The van der Waals surface area contributed by atoms with Gasteiger partial charge in [-0.25, -0.2) is 9.97 Å². The molecule has 0 bridgehead atoms. The van der Waals surface area contributed by atoms with Gasteiger partial charge in [-0.05, 0) is 19.4 Å². The number of aryl methyl sites for hydroxylation is 2. The van der Waals surface area contributed by atoms with Crippen LogP contribution in [0.3, 0.4) is 0 Å². The maximum Gasteiger partial charge on any atom is 0.222 e. The first-order chi connectivity index (χ1) is 5.74. The van der Waals surface area contributed by atoms with E-state index in [9.17, 15) is 0 Å². The molecule has 0 radical (unpaired) electrons. The number of aliphatic hydroxyl groups is 1. The van der Waals surface area contributed by atoms with Crippen LogP contribution in [0, 0.1) is 13.8 Å². The Labute approximate surface area is 71.7 Å². The van der Waals surface area contributed by atoms with Gasteiger partial charge in [0, 0.05) is 18.4 Å². The van der Waals surface area contributed by atoms with E-state index in [0.717, 1.165) is 11.3 Å². The summed E-state index contributed by atoms with van der Waals surface area (Å²) in [5, 5.41) is 11.4. The van der Waals surface area contributed by atoms with Crippen molar-refractivity contribution in [2.75, 3.05) is 18.5 Å². The van der Waals surface area contributed by atoms with E-state index in [1.807, 2.05) is 13.8 Å². The van der Waals surface area contributed by atoms with Crippen LogP contribution in [0.5, 0.6) is 0 Å². The minimum Gasteiger partial charge on any atom is -0.395 e. The summed E-state index contributed by atoms with van der Waals surface area (Å²) in [6.45, 7) is 4.48. The Bertz CT molecular complexity index is 262. The summed E-state index contributed by atoms with van der Waals surface area (Å²) in [6.07, 6.45) is 1.77. The molecule has 0 aromatic carbocycles. The molecule has 0 amide bonds. The van der Waals surface area contributed by atoms with Crippen LogP contribution in [-0.2, 0) is 0 Å². The van der Waals surface area contributed by atoms with Crippen molar-refractivity contribution >= 4 is 5.95 Å². The van der Waals surface area contributed by atoms with Gasteiger partial charge in [-0.2, -0.15) is 0 Å². The summed E-state index contributed by atoms with van der Waals surface area (Å²) >= 11 is 0. The van der Waals surface area contributed by atoms with Gasteiger partial charge in [0.1, 0.15) is 0 Å². The molecule has 1 aromatic heterocycles. The van der Waals surface area contributed by atoms with E-state index in [0.29, 0.717) is 12.5 Å². The third kappa shape index (κ3) is 2.17. The predicted molar refractivity (Wildman–Crippen MR) is 47.1 cm³/mol. The lowest BCUT2D eigenvalue weighted by molar-refractivity contribution is 0.311. The number of nitrogens with one attached hydrogen (secondary N) is 1. The van der Waals surface area contributed by atoms with Gasteiger partial charge in [0.05, 0.1) is 6.61 Å². The maximum absolute atomic E-state index is 8.53. The summed E-state index contributed by atoms with van der Waals surface area (Å²) in [6, 6.07) is 0. The maximum atomic E-state index is 8.53. The Balaban J connectivity index is 2.69. The van der Waals surface area contributed by atoms with E-state index in [1.54, 1.807) is 6.20 Å². The standard InChI is InChI=1S/C8H13N3O/c1-6-5-10-8(9-3-4-12)11-7(6)2/h5,12H,3-4H2,1-2H3,(H,9,10,11). The van der Waals surface area contributed by atoms with Crippen molar-refractivity contribution in [3.8, 4) is 0 Å². The highest BCUT2D eigenvalue weighted by Crippen LogP contribution is 2.04. The van der Waals surface area contributed by atoms with E-state index in [4.69, 9.17) is 5.11 Å². The van der Waals surface area contributed by atoms with Crippen LogP contribution in [0.4, 0.5) is 5.95 Å². The first kappa shape index (κ1) is 8.93. The number of anilines is 1. The molecule has 0 fully saturated rings. The molecule has 0 unspecified atom stereocenters. The Morgan fingerprint density at radius 2 is 2.25 bits per heavy atom. The fourth-order valence-electron chi connectivity index (χ4n) is 0.780. The van der Waals surface area contributed by atoms with Crippen molar-refractivity contribution in [3.05, 3.63) is 17.5 Å². The second-order valence-electron chi connectivity index (χ2n) is 2.61. The van der Waals surface area contributed by atoms with Crippen LogP contribution < -0.4 is 5.32 Å². The van der Waals surface area contributed by atoms with Crippen LogP contribution in [0.1, 0.15) is 11.3 Å². The second-order valence-corrected chi connectivity index (χ2v) is 2.61. The molecule has 12 heavy (non-hydrogen) atoms. The second kappa shape index (κ2) is 4.01. The van der Waals surface area contributed by atoms with Gasteiger partial charge in [0.15, 0.2) is 0 Å². The lowest BCUT2D eigenvalue weighted by Gasteiger charge is -2.03. The number of nitrogens with zero attached hydrogens (tertiary/aromatic N) is 2. The minimum absolute atomic E-state index is 0.0935. The molecule has 0 saturated carbocycles. The number of aliphatic hydroxyl groups excluding tert-OH is 1. The SMILES string of the molecule is Cc1cnc(NCCO)nc1C. The summed E-state index contributed by atoms with van der Waals surface area (Å²) < 4.78 is 0. The van der Waals surface area contributed by atoms with Crippen molar-refractivity contribution in [2.24, 2.45) is 0 Å². The molecule has 0 spiro atoms. The zero-order chi connectivity index (χ0) is 8.97. The fourth-order valence-corrected chi connectivity index (χ4v) is 0.780. The van der Waals surface area contributed by atoms with Gasteiger partial charge < -0.3 is 10.4 Å². The molecule has 2 N–H and O–H groups in total. The lowest BCUT2D eigenvalue weighted by Crippen LogP contribution is -2.09. The number of hydrogen-bond donors (Lipinski definition) is 2. The topological polar surface area (TPSA) is 58.0 Å². The average molecular weight is 167 g/mol. The highest BCUT2D eigenvalue weighted by Gasteiger charge is 1.97. The van der Waals surface area contributed by atoms with E-state index < -0.39 is 0 Å². The van der Waals surface area contributed by atoms with Gasteiger partial charge in [-0.15, -0.1) is 0 Å². The van der Waals surface area contributed by atoms with Crippen molar-refractivity contribution in [1.82, 2.24) is 9.97 Å². The van der Waals surface area contributed by atoms with E-state index >= 15 is 0 Å². The van der Waals surface area contributed by atoms with E-state index in [1.165, 1.54) is 0 Å². The predicted octanol–water partition coefficient (Wildman–Crippen LogP) is 0.498. The van der Waals surface area contributed by atoms with Crippen LogP contribution in [0.15, 0.2) is 6.20 Å². The normalized spacial score (nSPS) is 9.92. The van der Waals surface area contributed by atoms with Crippen LogP contribution in [0.25, 0.3) is 0 Å².